The van der Waals surface area contributed by atoms with E-state index in [2.05, 4.69) is 21.2 Å². The van der Waals surface area contributed by atoms with Crippen molar-refractivity contribution in [1.29, 1.82) is 0 Å². The Bertz CT molecular complexity index is 597. The molecular weight excluding hydrogens is 308 g/mol. The molecule has 0 aliphatic carbocycles. The number of benzene rings is 2. The number of non-ortho nitro benzene ring substituents is 1. The Kier molecular flexibility index (Phi) is 4.16. The van der Waals surface area contributed by atoms with Gasteiger partial charge in [0.05, 0.1) is 4.92 Å². The molecule has 0 aliphatic rings. The molecule has 0 atom stereocenters. The molecule has 0 radical (unpaired) electrons. The minimum absolute atomic E-state index is 0.113. The molecule has 19 heavy (non-hydrogen) atoms. The highest BCUT2D eigenvalue weighted by molar-refractivity contribution is 9.10. The third kappa shape index (κ3) is 3.54. The summed E-state index contributed by atoms with van der Waals surface area (Å²) in [7, 11) is 0. The summed E-state index contributed by atoms with van der Waals surface area (Å²) in [6.45, 7) is 2.66. The lowest BCUT2D eigenvalue weighted by atomic mass is 10.2. The lowest BCUT2D eigenvalue weighted by molar-refractivity contribution is -0.384. The van der Waals surface area contributed by atoms with Crippen LogP contribution in [0.4, 0.5) is 11.4 Å². The number of halogens is 1. The minimum Gasteiger partial charge on any atom is -0.381 e. The fraction of sp³-hybridized carbons (Fsp3) is 0.143. The molecule has 2 aromatic rings. The van der Waals surface area contributed by atoms with Crippen molar-refractivity contribution in [2.24, 2.45) is 0 Å². The number of rotatable bonds is 4. The van der Waals surface area contributed by atoms with Crippen LogP contribution in [0, 0.1) is 17.0 Å². The van der Waals surface area contributed by atoms with Gasteiger partial charge in [-0.1, -0.05) is 34.1 Å². The lowest BCUT2D eigenvalue weighted by Gasteiger charge is -2.08. The topological polar surface area (TPSA) is 55.2 Å². The molecule has 0 aromatic heterocycles. The van der Waals surface area contributed by atoms with Crippen molar-refractivity contribution >= 4 is 27.3 Å². The second-order valence-electron chi connectivity index (χ2n) is 4.24. The van der Waals surface area contributed by atoms with Crippen LogP contribution in [0.25, 0.3) is 0 Å². The molecule has 0 unspecified atom stereocenters. The van der Waals surface area contributed by atoms with E-state index < -0.39 is 4.92 Å². The van der Waals surface area contributed by atoms with Crippen molar-refractivity contribution < 1.29 is 4.92 Å². The van der Waals surface area contributed by atoms with Crippen molar-refractivity contribution in [3.05, 3.63) is 68.2 Å². The SMILES string of the molecule is Cc1ccc(NCc2ccc([N+](=O)[O-])cc2)cc1Br. The maximum absolute atomic E-state index is 10.5. The lowest BCUT2D eigenvalue weighted by Crippen LogP contribution is -1.99. The van der Waals surface area contributed by atoms with Crippen molar-refractivity contribution in [1.82, 2.24) is 0 Å². The average molecular weight is 321 g/mol. The van der Waals surface area contributed by atoms with Crippen molar-refractivity contribution in [2.75, 3.05) is 5.32 Å². The van der Waals surface area contributed by atoms with Gasteiger partial charge < -0.3 is 5.32 Å². The van der Waals surface area contributed by atoms with Gasteiger partial charge in [-0.3, -0.25) is 10.1 Å². The van der Waals surface area contributed by atoms with Crippen LogP contribution in [0.1, 0.15) is 11.1 Å². The van der Waals surface area contributed by atoms with Gasteiger partial charge in [0.2, 0.25) is 0 Å². The van der Waals surface area contributed by atoms with Crippen LogP contribution < -0.4 is 5.32 Å². The van der Waals surface area contributed by atoms with E-state index in [9.17, 15) is 10.1 Å². The highest BCUT2D eigenvalue weighted by Gasteiger charge is 2.04. The molecular formula is C14H13BrN2O2. The highest BCUT2D eigenvalue weighted by atomic mass is 79.9. The maximum Gasteiger partial charge on any atom is 0.269 e. The summed E-state index contributed by atoms with van der Waals surface area (Å²) in [4.78, 5) is 10.2. The number of nitro groups is 1. The Morgan fingerprint density at radius 3 is 2.47 bits per heavy atom. The van der Waals surface area contributed by atoms with Gasteiger partial charge >= 0.3 is 0 Å². The quantitative estimate of drug-likeness (QED) is 0.675. The zero-order valence-corrected chi connectivity index (χ0v) is 12.0. The molecule has 0 aliphatic heterocycles. The number of hydrogen-bond acceptors (Lipinski definition) is 3. The van der Waals surface area contributed by atoms with Gasteiger partial charge in [-0.25, -0.2) is 0 Å². The third-order valence-corrected chi connectivity index (χ3v) is 3.67. The zero-order valence-electron chi connectivity index (χ0n) is 10.4. The van der Waals surface area contributed by atoms with Crippen molar-refractivity contribution in [2.45, 2.75) is 13.5 Å². The first kappa shape index (κ1) is 13.5. The molecule has 0 amide bonds. The predicted molar refractivity (Wildman–Crippen MR) is 79.3 cm³/mol. The largest absolute Gasteiger partial charge is 0.381 e. The van der Waals surface area contributed by atoms with Gasteiger partial charge in [-0.05, 0) is 30.2 Å². The molecule has 5 heteroatoms. The molecule has 2 rings (SSSR count). The standard InChI is InChI=1S/C14H13BrN2O2/c1-10-2-5-12(8-14(10)15)16-9-11-3-6-13(7-4-11)17(18)19/h2-8,16H,9H2,1H3. The maximum atomic E-state index is 10.5. The molecule has 4 nitrogen and oxygen atoms in total. The van der Waals surface area contributed by atoms with E-state index in [1.54, 1.807) is 12.1 Å². The molecule has 0 fully saturated rings. The van der Waals surface area contributed by atoms with Crippen LogP contribution in [0.3, 0.4) is 0 Å². The Morgan fingerprint density at radius 2 is 1.89 bits per heavy atom. The van der Waals surface area contributed by atoms with E-state index in [1.165, 1.54) is 17.7 Å². The van der Waals surface area contributed by atoms with E-state index in [0.29, 0.717) is 6.54 Å². The zero-order chi connectivity index (χ0) is 13.8. The van der Waals surface area contributed by atoms with E-state index >= 15 is 0 Å². The van der Waals surface area contributed by atoms with Crippen LogP contribution in [-0.4, -0.2) is 4.92 Å². The first-order valence-corrected chi connectivity index (χ1v) is 6.59. The van der Waals surface area contributed by atoms with E-state index in [4.69, 9.17) is 0 Å². The van der Waals surface area contributed by atoms with Crippen LogP contribution in [-0.2, 0) is 6.54 Å². The average Bonchev–Trinajstić information content (AvgIpc) is 2.40. The van der Waals surface area contributed by atoms with Crippen molar-refractivity contribution in [3.63, 3.8) is 0 Å². The fourth-order valence-corrected chi connectivity index (χ4v) is 2.02. The molecule has 98 valence electrons. The fourth-order valence-electron chi connectivity index (χ4n) is 1.64. The first-order chi connectivity index (χ1) is 9.06. The molecule has 0 heterocycles. The summed E-state index contributed by atoms with van der Waals surface area (Å²) < 4.78 is 1.06. The summed E-state index contributed by atoms with van der Waals surface area (Å²) in [5.74, 6) is 0. The number of anilines is 1. The first-order valence-electron chi connectivity index (χ1n) is 5.79. The molecule has 0 spiro atoms. The van der Waals surface area contributed by atoms with E-state index in [-0.39, 0.29) is 5.69 Å². The molecule has 0 saturated carbocycles. The summed E-state index contributed by atoms with van der Waals surface area (Å²) in [6.07, 6.45) is 0. The number of aryl methyl sites for hydroxylation is 1. The normalized spacial score (nSPS) is 10.2. The van der Waals surface area contributed by atoms with Crippen LogP contribution >= 0.6 is 15.9 Å². The molecule has 2 aromatic carbocycles. The smallest absolute Gasteiger partial charge is 0.269 e. The van der Waals surface area contributed by atoms with Crippen LogP contribution in [0.15, 0.2) is 46.9 Å². The van der Waals surface area contributed by atoms with E-state index in [1.807, 2.05) is 25.1 Å². The monoisotopic (exact) mass is 320 g/mol. The predicted octanol–water partition coefficient (Wildman–Crippen LogP) is 4.28. The summed E-state index contributed by atoms with van der Waals surface area (Å²) in [5, 5.41) is 13.8. The second-order valence-corrected chi connectivity index (χ2v) is 5.10. The Morgan fingerprint density at radius 1 is 1.21 bits per heavy atom. The molecule has 1 N–H and O–H groups in total. The van der Waals surface area contributed by atoms with Gasteiger partial charge in [-0.2, -0.15) is 0 Å². The number of hydrogen-bond donors (Lipinski definition) is 1. The summed E-state index contributed by atoms with van der Waals surface area (Å²) in [6, 6.07) is 12.6. The van der Waals surface area contributed by atoms with Gasteiger partial charge in [0.15, 0.2) is 0 Å². The Labute approximate surface area is 119 Å². The minimum atomic E-state index is -0.395. The number of nitrogens with zero attached hydrogens (tertiary/aromatic N) is 1. The second kappa shape index (κ2) is 5.84. The Balaban J connectivity index is 2.01. The third-order valence-electron chi connectivity index (χ3n) is 2.82. The number of nitrogens with one attached hydrogen (secondary N) is 1. The van der Waals surface area contributed by atoms with Crippen molar-refractivity contribution in [3.8, 4) is 0 Å². The van der Waals surface area contributed by atoms with Crippen LogP contribution in [0.5, 0.6) is 0 Å². The molecule has 0 saturated heterocycles. The van der Waals surface area contributed by atoms with Gasteiger partial charge in [0.25, 0.3) is 5.69 Å². The number of nitro benzene ring substituents is 1. The summed E-state index contributed by atoms with van der Waals surface area (Å²) >= 11 is 3.48. The molecule has 0 bridgehead atoms. The van der Waals surface area contributed by atoms with Gasteiger partial charge in [-0.15, -0.1) is 0 Å². The van der Waals surface area contributed by atoms with Crippen LogP contribution in [0.2, 0.25) is 0 Å². The van der Waals surface area contributed by atoms with Gasteiger partial charge in [0.1, 0.15) is 0 Å². The van der Waals surface area contributed by atoms with Gasteiger partial charge in [0, 0.05) is 28.8 Å². The van der Waals surface area contributed by atoms with E-state index in [0.717, 1.165) is 15.7 Å². The highest BCUT2D eigenvalue weighted by Crippen LogP contribution is 2.21. The summed E-state index contributed by atoms with van der Waals surface area (Å²) in [5.41, 5.74) is 3.31. The Hall–Kier alpha value is -1.88.